The van der Waals surface area contributed by atoms with Crippen molar-refractivity contribution in [2.45, 2.75) is 37.2 Å². The Labute approximate surface area is 132 Å². The van der Waals surface area contributed by atoms with Crippen molar-refractivity contribution in [1.29, 1.82) is 0 Å². The first kappa shape index (κ1) is 16.7. The highest BCUT2D eigenvalue weighted by atomic mass is 35.5. The number of benzene rings is 1. The fourth-order valence-corrected chi connectivity index (χ4v) is 4.01. The van der Waals surface area contributed by atoms with Crippen molar-refractivity contribution < 1.29 is 8.42 Å². The molecule has 0 saturated carbocycles. The van der Waals surface area contributed by atoms with E-state index in [1.807, 2.05) is 0 Å². The minimum Gasteiger partial charge on any atom is -0.310 e. The molecule has 1 heterocycles. The maximum Gasteiger partial charge on any atom is 0.175 e. The van der Waals surface area contributed by atoms with Gasteiger partial charge in [-0.15, -0.1) is 0 Å². The molecule has 0 unspecified atom stereocenters. The third-order valence-corrected chi connectivity index (χ3v) is 5.61. The summed E-state index contributed by atoms with van der Waals surface area (Å²) in [5.74, 6) is 0. The number of nitrogens with zero attached hydrogens (tertiary/aromatic N) is 1. The number of halogens is 1. The summed E-state index contributed by atoms with van der Waals surface area (Å²) in [7, 11) is -3.25. The van der Waals surface area contributed by atoms with Gasteiger partial charge in [-0.05, 0) is 44.6 Å². The van der Waals surface area contributed by atoms with Crippen LogP contribution >= 0.6 is 11.6 Å². The van der Waals surface area contributed by atoms with E-state index in [1.54, 1.807) is 18.2 Å². The Bertz CT molecular complexity index is 581. The van der Waals surface area contributed by atoms with Crippen molar-refractivity contribution >= 4 is 21.4 Å². The Balaban J connectivity index is 2.04. The van der Waals surface area contributed by atoms with E-state index in [0.717, 1.165) is 32.5 Å². The van der Waals surface area contributed by atoms with Crippen LogP contribution in [0.15, 0.2) is 23.1 Å². The molecule has 0 amide bonds. The number of hydrogen-bond acceptors (Lipinski definition) is 4. The number of nitrogens with one attached hydrogen (secondary N) is 1. The Hall–Kier alpha value is -0.620. The van der Waals surface area contributed by atoms with Crippen LogP contribution in [0, 0.1) is 0 Å². The normalized spacial score (nSPS) is 18.0. The smallest absolute Gasteiger partial charge is 0.175 e. The van der Waals surface area contributed by atoms with E-state index in [-0.39, 0.29) is 0 Å². The SMILES string of the molecule is CCN1CCC(NCc2c(Cl)cccc2S(C)(=O)=O)CC1. The maximum absolute atomic E-state index is 11.8. The predicted molar refractivity (Wildman–Crippen MR) is 86.5 cm³/mol. The van der Waals surface area contributed by atoms with Crippen LogP contribution in [0.3, 0.4) is 0 Å². The molecule has 0 aromatic heterocycles. The molecule has 1 N–H and O–H groups in total. The minimum absolute atomic E-state index is 0.327. The minimum atomic E-state index is -3.25. The van der Waals surface area contributed by atoms with Gasteiger partial charge in [-0.1, -0.05) is 24.6 Å². The van der Waals surface area contributed by atoms with Gasteiger partial charge in [-0.25, -0.2) is 8.42 Å². The molecular weight excluding hydrogens is 308 g/mol. The molecule has 1 aliphatic heterocycles. The number of piperidine rings is 1. The Morgan fingerprint density at radius 3 is 2.57 bits per heavy atom. The van der Waals surface area contributed by atoms with Crippen molar-refractivity contribution in [3.05, 3.63) is 28.8 Å². The highest BCUT2D eigenvalue weighted by Gasteiger charge is 2.20. The molecule has 21 heavy (non-hydrogen) atoms. The predicted octanol–water partition coefficient (Wildman–Crippen LogP) is 2.32. The van der Waals surface area contributed by atoms with E-state index in [1.165, 1.54) is 6.26 Å². The first-order chi connectivity index (χ1) is 9.91. The molecule has 2 rings (SSSR count). The molecule has 6 heteroatoms. The molecule has 0 atom stereocenters. The average molecular weight is 331 g/mol. The number of sulfone groups is 1. The summed E-state index contributed by atoms with van der Waals surface area (Å²) in [6.07, 6.45) is 3.40. The van der Waals surface area contributed by atoms with Crippen molar-refractivity contribution in [2.24, 2.45) is 0 Å². The summed E-state index contributed by atoms with van der Waals surface area (Å²) >= 11 is 6.19. The van der Waals surface area contributed by atoms with Crippen LogP contribution in [0.1, 0.15) is 25.3 Å². The Morgan fingerprint density at radius 1 is 1.33 bits per heavy atom. The Morgan fingerprint density at radius 2 is 2.00 bits per heavy atom. The van der Waals surface area contributed by atoms with Gasteiger partial charge < -0.3 is 10.2 Å². The highest BCUT2D eigenvalue weighted by molar-refractivity contribution is 7.90. The zero-order valence-corrected chi connectivity index (χ0v) is 14.2. The summed E-state index contributed by atoms with van der Waals surface area (Å²) in [4.78, 5) is 2.75. The lowest BCUT2D eigenvalue weighted by molar-refractivity contribution is 0.205. The molecule has 1 aromatic rings. The molecule has 118 valence electrons. The molecular formula is C15H23ClN2O2S. The van der Waals surface area contributed by atoms with Crippen LogP contribution in [0.4, 0.5) is 0 Å². The van der Waals surface area contributed by atoms with Gasteiger partial charge in [-0.3, -0.25) is 0 Å². The molecule has 0 radical (unpaired) electrons. The molecule has 4 nitrogen and oxygen atoms in total. The molecule has 1 aliphatic rings. The summed E-state index contributed by atoms with van der Waals surface area (Å²) < 4.78 is 23.7. The topological polar surface area (TPSA) is 49.4 Å². The van der Waals surface area contributed by atoms with Gasteiger partial charge in [0.05, 0.1) is 4.90 Å². The van der Waals surface area contributed by atoms with Crippen molar-refractivity contribution in [3.8, 4) is 0 Å². The fraction of sp³-hybridized carbons (Fsp3) is 0.600. The maximum atomic E-state index is 11.8. The number of likely N-dealkylation sites (tertiary alicyclic amines) is 1. The number of rotatable bonds is 5. The van der Waals surface area contributed by atoms with E-state index in [9.17, 15) is 8.42 Å². The van der Waals surface area contributed by atoms with E-state index < -0.39 is 9.84 Å². The molecule has 1 saturated heterocycles. The summed E-state index contributed by atoms with van der Waals surface area (Å²) in [5.41, 5.74) is 0.680. The van der Waals surface area contributed by atoms with Gasteiger partial charge in [-0.2, -0.15) is 0 Å². The van der Waals surface area contributed by atoms with Crippen LogP contribution < -0.4 is 5.32 Å². The largest absolute Gasteiger partial charge is 0.310 e. The second-order valence-corrected chi connectivity index (χ2v) is 7.97. The van der Waals surface area contributed by atoms with Gasteiger partial charge in [0.1, 0.15) is 0 Å². The molecule has 0 spiro atoms. The first-order valence-corrected chi connectivity index (χ1v) is 9.62. The molecule has 1 aromatic carbocycles. The molecule has 0 bridgehead atoms. The Kier molecular flexibility index (Phi) is 5.66. The lowest BCUT2D eigenvalue weighted by Crippen LogP contribution is -2.42. The van der Waals surface area contributed by atoms with Gasteiger partial charge in [0.15, 0.2) is 9.84 Å². The zero-order chi connectivity index (χ0) is 15.5. The summed E-state index contributed by atoms with van der Waals surface area (Å²) in [5, 5.41) is 3.97. The third kappa shape index (κ3) is 4.42. The fourth-order valence-electron chi connectivity index (χ4n) is 2.76. The summed E-state index contributed by atoms with van der Waals surface area (Å²) in [6.45, 7) is 5.95. The van der Waals surface area contributed by atoms with Gasteiger partial charge in [0, 0.05) is 29.4 Å². The van der Waals surface area contributed by atoms with Crippen LogP contribution in [0.5, 0.6) is 0 Å². The van der Waals surface area contributed by atoms with Crippen LogP contribution in [0.25, 0.3) is 0 Å². The van der Waals surface area contributed by atoms with E-state index in [0.29, 0.717) is 28.1 Å². The molecule has 0 aliphatic carbocycles. The lowest BCUT2D eigenvalue weighted by Gasteiger charge is -2.31. The van der Waals surface area contributed by atoms with Gasteiger partial charge in [0.25, 0.3) is 0 Å². The van der Waals surface area contributed by atoms with Crippen LogP contribution in [0.2, 0.25) is 5.02 Å². The van der Waals surface area contributed by atoms with E-state index in [2.05, 4.69) is 17.1 Å². The first-order valence-electron chi connectivity index (χ1n) is 7.35. The highest BCUT2D eigenvalue weighted by Crippen LogP contribution is 2.24. The van der Waals surface area contributed by atoms with Crippen molar-refractivity contribution in [2.75, 3.05) is 25.9 Å². The monoisotopic (exact) mass is 330 g/mol. The van der Waals surface area contributed by atoms with Crippen molar-refractivity contribution in [1.82, 2.24) is 10.2 Å². The van der Waals surface area contributed by atoms with Gasteiger partial charge >= 0.3 is 0 Å². The standard InChI is InChI=1S/C15H23ClN2O2S/c1-3-18-9-7-12(8-10-18)17-11-13-14(16)5-4-6-15(13)21(2,19)20/h4-6,12,17H,3,7-11H2,1-2H3. The van der Waals surface area contributed by atoms with Crippen molar-refractivity contribution in [3.63, 3.8) is 0 Å². The van der Waals surface area contributed by atoms with E-state index in [4.69, 9.17) is 11.6 Å². The summed E-state index contributed by atoms with van der Waals surface area (Å²) in [6, 6.07) is 5.48. The second kappa shape index (κ2) is 7.09. The van der Waals surface area contributed by atoms with Crippen LogP contribution in [-0.2, 0) is 16.4 Å². The second-order valence-electron chi connectivity index (χ2n) is 5.58. The third-order valence-electron chi connectivity index (χ3n) is 4.08. The lowest BCUT2D eigenvalue weighted by atomic mass is 10.0. The zero-order valence-electron chi connectivity index (χ0n) is 12.6. The van der Waals surface area contributed by atoms with E-state index >= 15 is 0 Å². The quantitative estimate of drug-likeness (QED) is 0.900. The number of hydrogen-bond donors (Lipinski definition) is 1. The average Bonchev–Trinajstić information content (AvgIpc) is 2.45. The molecule has 1 fully saturated rings. The van der Waals surface area contributed by atoms with Crippen LogP contribution in [-0.4, -0.2) is 45.2 Å². The van der Waals surface area contributed by atoms with Gasteiger partial charge in [0.2, 0.25) is 0 Å².